The maximum atomic E-state index is 12.5. The minimum absolute atomic E-state index is 0.122. The van der Waals surface area contributed by atoms with Gasteiger partial charge in [-0.25, -0.2) is 0 Å². The first kappa shape index (κ1) is 18.2. The molecule has 5 nitrogen and oxygen atoms in total. The summed E-state index contributed by atoms with van der Waals surface area (Å²) >= 11 is 0. The van der Waals surface area contributed by atoms with Crippen molar-refractivity contribution in [3.8, 4) is 11.8 Å². The average molecular weight is 371 g/mol. The molecule has 0 spiro atoms. The number of anilines is 1. The first-order valence-corrected chi connectivity index (χ1v) is 7.76. The number of aromatic nitrogens is 1. The molecule has 136 valence electrons. The summed E-state index contributed by atoms with van der Waals surface area (Å²) in [5.41, 5.74) is 0.317. The maximum absolute atomic E-state index is 12.5. The zero-order valence-corrected chi connectivity index (χ0v) is 13.7. The van der Waals surface area contributed by atoms with Crippen LogP contribution in [0.2, 0.25) is 0 Å². The summed E-state index contributed by atoms with van der Waals surface area (Å²) in [7, 11) is 0. The van der Waals surface area contributed by atoms with Gasteiger partial charge in [0.25, 0.3) is 5.91 Å². The Bertz CT molecular complexity index is 1040. The lowest BCUT2D eigenvalue weighted by Crippen LogP contribution is -2.19. The van der Waals surface area contributed by atoms with Crippen molar-refractivity contribution >= 4 is 22.4 Å². The van der Waals surface area contributed by atoms with Crippen molar-refractivity contribution in [1.82, 2.24) is 4.98 Å². The third kappa shape index (κ3) is 4.33. The highest BCUT2D eigenvalue weighted by molar-refractivity contribution is 6.11. The van der Waals surface area contributed by atoms with Gasteiger partial charge in [-0.2, -0.15) is 18.4 Å². The van der Waals surface area contributed by atoms with E-state index in [2.05, 4.69) is 15.0 Å². The highest BCUT2D eigenvalue weighted by atomic mass is 19.4. The van der Waals surface area contributed by atoms with Crippen molar-refractivity contribution in [3.63, 3.8) is 0 Å². The number of alkyl halides is 3. The second-order valence-electron chi connectivity index (χ2n) is 5.56. The standard InChI is InChI=1S/C19H12F3N3O2/c20-19(21,22)11-27-16-6-5-14(9-13(16)10-23)25-18(26)17-15-4-2-1-3-12(15)7-8-24-17/h1-9H,11H2,(H,25,26). The molecular formula is C19H12F3N3O2. The Kier molecular flexibility index (Phi) is 4.94. The highest BCUT2D eigenvalue weighted by Crippen LogP contribution is 2.25. The van der Waals surface area contributed by atoms with E-state index in [1.54, 1.807) is 24.3 Å². The summed E-state index contributed by atoms with van der Waals surface area (Å²) in [4.78, 5) is 16.6. The van der Waals surface area contributed by atoms with E-state index in [4.69, 9.17) is 5.26 Å². The lowest BCUT2D eigenvalue weighted by Gasteiger charge is -2.12. The number of carbonyl (C=O) groups excluding carboxylic acids is 1. The van der Waals surface area contributed by atoms with E-state index in [-0.39, 0.29) is 22.7 Å². The number of hydrogen-bond acceptors (Lipinski definition) is 4. The van der Waals surface area contributed by atoms with Crippen molar-refractivity contribution in [3.05, 3.63) is 66.0 Å². The molecule has 0 aliphatic carbocycles. The number of nitrogens with one attached hydrogen (secondary N) is 1. The number of carbonyl (C=O) groups is 1. The van der Waals surface area contributed by atoms with E-state index >= 15 is 0 Å². The van der Waals surface area contributed by atoms with Crippen LogP contribution in [0.3, 0.4) is 0 Å². The monoisotopic (exact) mass is 371 g/mol. The number of benzene rings is 2. The molecule has 0 saturated heterocycles. The molecule has 1 amide bonds. The molecule has 0 unspecified atom stereocenters. The zero-order valence-electron chi connectivity index (χ0n) is 13.7. The fraction of sp³-hybridized carbons (Fsp3) is 0.105. The topological polar surface area (TPSA) is 75.0 Å². The van der Waals surface area contributed by atoms with Gasteiger partial charge in [0.2, 0.25) is 0 Å². The molecule has 0 bridgehead atoms. The largest absolute Gasteiger partial charge is 0.483 e. The summed E-state index contributed by atoms with van der Waals surface area (Å²) in [6.45, 7) is -1.51. The van der Waals surface area contributed by atoms with E-state index in [0.717, 1.165) is 5.39 Å². The van der Waals surface area contributed by atoms with Crippen molar-refractivity contribution < 1.29 is 22.7 Å². The third-order valence-corrected chi connectivity index (χ3v) is 3.64. The SMILES string of the molecule is N#Cc1cc(NC(=O)c2nccc3ccccc23)ccc1OCC(F)(F)F. The first-order chi connectivity index (χ1) is 12.9. The number of rotatable bonds is 4. The van der Waals surface area contributed by atoms with Gasteiger partial charge in [0.15, 0.2) is 6.61 Å². The molecule has 0 saturated carbocycles. The van der Waals surface area contributed by atoms with E-state index in [1.165, 1.54) is 24.4 Å². The first-order valence-electron chi connectivity index (χ1n) is 7.76. The van der Waals surface area contributed by atoms with Crippen molar-refractivity contribution in [2.75, 3.05) is 11.9 Å². The Morgan fingerprint density at radius 1 is 1.19 bits per heavy atom. The molecule has 8 heteroatoms. The Balaban J connectivity index is 1.83. The van der Waals surface area contributed by atoms with Gasteiger partial charge < -0.3 is 10.1 Å². The normalized spacial score (nSPS) is 11.0. The number of hydrogen-bond donors (Lipinski definition) is 1. The molecule has 0 atom stereocenters. The molecule has 27 heavy (non-hydrogen) atoms. The molecule has 1 heterocycles. The molecule has 3 aromatic rings. The number of ether oxygens (including phenoxy) is 1. The number of halogens is 3. The fourth-order valence-corrected chi connectivity index (χ4v) is 2.47. The van der Waals surface area contributed by atoms with Crippen molar-refractivity contribution in [2.24, 2.45) is 0 Å². The lowest BCUT2D eigenvalue weighted by atomic mass is 10.1. The smallest absolute Gasteiger partial charge is 0.422 e. The molecule has 0 fully saturated rings. The summed E-state index contributed by atoms with van der Waals surface area (Å²) in [6, 6.07) is 14.5. The molecular weight excluding hydrogens is 359 g/mol. The summed E-state index contributed by atoms with van der Waals surface area (Å²) in [5.74, 6) is -0.712. The van der Waals surface area contributed by atoms with Crippen LogP contribution in [0.25, 0.3) is 10.8 Å². The molecule has 0 aliphatic heterocycles. The number of nitrogens with zero attached hydrogens (tertiary/aromatic N) is 2. The number of pyridine rings is 1. The van der Waals surface area contributed by atoms with E-state index < -0.39 is 18.7 Å². The Morgan fingerprint density at radius 2 is 1.96 bits per heavy atom. The minimum Gasteiger partial charge on any atom is -0.483 e. The van der Waals surface area contributed by atoms with Crippen LogP contribution in [0.5, 0.6) is 5.75 Å². The molecule has 0 radical (unpaired) electrons. The van der Waals surface area contributed by atoms with Crippen LogP contribution in [0.1, 0.15) is 16.1 Å². The van der Waals surface area contributed by atoms with Crippen LogP contribution >= 0.6 is 0 Å². The molecule has 1 N–H and O–H groups in total. The Hall–Kier alpha value is -3.60. The van der Waals surface area contributed by atoms with Gasteiger partial charge in [-0.3, -0.25) is 9.78 Å². The highest BCUT2D eigenvalue weighted by Gasteiger charge is 2.29. The Labute approximate surface area is 152 Å². The molecule has 2 aromatic carbocycles. The van der Waals surface area contributed by atoms with Crippen LogP contribution in [-0.4, -0.2) is 23.7 Å². The number of amides is 1. The Morgan fingerprint density at radius 3 is 2.70 bits per heavy atom. The summed E-state index contributed by atoms with van der Waals surface area (Å²) < 4.78 is 41.4. The van der Waals surface area contributed by atoms with Crippen LogP contribution in [0, 0.1) is 11.3 Å². The van der Waals surface area contributed by atoms with Gasteiger partial charge >= 0.3 is 6.18 Å². The second-order valence-corrected chi connectivity index (χ2v) is 5.56. The maximum Gasteiger partial charge on any atom is 0.422 e. The minimum atomic E-state index is -4.51. The van der Waals surface area contributed by atoms with Gasteiger partial charge in [-0.1, -0.05) is 24.3 Å². The third-order valence-electron chi connectivity index (χ3n) is 3.64. The van der Waals surface area contributed by atoms with E-state index in [9.17, 15) is 18.0 Å². The average Bonchev–Trinajstić information content (AvgIpc) is 2.65. The second kappa shape index (κ2) is 7.33. The van der Waals surface area contributed by atoms with E-state index in [0.29, 0.717) is 5.39 Å². The summed E-state index contributed by atoms with van der Waals surface area (Å²) in [5, 5.41) is 13.2. The van der Waals surface area contributed by atoms with Crippen LogP contribution in [-0.2, 0) is 0 Å². The van der Waals surface area contributed by atoms with Crippen molar-refractivity contribution in [2.45, 2.75) is 6.18 Å². The lowest BCUT2D eigenvalue weighted by molar-refractivity contribution is -0.153. The van der Waals surface area contributed by atoms with Gasteiger partial charge in [0.05, 0.1) is 5.56 Å². The molecule has 3 rings (SSSR count). The van der Waals surface area contributed by atoms with Crippen LogP contribution in [0.15, 0.2) is 54.7 Å². The summed E-state index contributed by atoms with van der Waals surface area (Å²) in [6.07, 6.45) is -3.01. The fourth-order valence-electron chi connectivity index (χ4n) is 2.47. The van der Waals surface area contributed by atoms with Gasteiger partial charge in [-0.15, -0.1) is 0 Å². The van der Waals surface area contributed by atoms with E-state index in [1.807, 2.05) is 12.1 Å². The van der Waals surface area contributed by atoms with Crippen LogP contribution in [0.4, 0.5) is 18.9 Å². The van der Waals surface area contributed by atoms with Crippen LogP contribution < -0.4 is 10.1 Å². The number of fused-ring (bicyclic) bond motifs is 1. The zero-order chi connectivity index (χ0) is 19.4. The van der Waals surface area contributed by atoms with Gasteiger partial charge in [-0.05, 0) is 29.7 Å². The predicted molar refractivity (Wildman–Crippen MR) is 92.4 cm³/mol. The number of nitriles is 1. The molecule has 1 aromatic heterocycles. The predicted octanol–water partition coefficient (Wildman–Crippen LogP) is 4.30. The molecule has 0 aliphatic rings. The van der Waals surface area contributed by atoms with Crippen molar-refractivity contribution in [1.29, 1.82) is 5.26 Å². The quantitative estimate of drug-likeness (QED) is 0.742. The van der Waals surface area contributed by atoms with Gasteiger partial charge in [0, 0.05) is 17.3 Å². The van der Waals surface area contributed by atoms with Gasteiger partial charge in [0.1, 0.15) is 17.5 Å².